The molecule has 196 valence electrons. The molecule has 35 heavy (non-hydrogen) atoms. The second-order valence-electron chi connectivity index (χ2n) is 11.6. The average Bonchev–Trinajstić information content (AvgIpc) is 3.18. The van der Waals surface area contributed by atoms with Crippen molar-refractivity contribution in [2.75, 3.05) is 24.5 Å². The molecule has 2 unspecified atom stereocenters. The molecule has 0 bridgehead atoms. The van der Waals surface area contributed by atoms with E-state index in [1.54, 1.807) is 0 Å². The fourth-order valence-corrected chi connectivity index (χ4v) is 6.22. The highest BCUT2D eigenvalue weighted by Gasteiger charge is 2.67. The lowest BCUT2D eigenvalue weighted by Gasteiger charge is -2.29. The molecular formula is C27H39F3N2O3. The lowest BCUT2D eigenvalue weighted by atomic mass is 9.99. The van der Waals surface area contributed by atoms with E-state index < -0.39 is 12.1 Å². The smallest absolute Gasteiger partial charge is 0.475 e. The molecule has 2 atom stereocenters. The van der Waals surface area contributed by atoms with Gasteiger partial charge in [-0.05, 0) is 67.7 Å². The van der Waals surface area contributed by atoms with Gasteiger partial charge in [0.2, 0.25) is 0 Å². The normalized spacial score (nSPS) is 25.8. The monoisotopic (exact) mass is 496 g/mol. The van der Waals surface area contributed by atoms with Crippen molar-refractivity contribution in [1.29, 1.82) is 0 Å². The van der Waals surface area contributed by atoms with Crippen LogP contribution in [0.2, 0.25) is 0 Å². The number of ketones is 1. The van der Waals surface area contributed by atoms with Crippen LogP contribution in [0.1, 0.15) is 65.0 Å². The molecule has 1 saturated carbocycles. The lowest BCUT2D eigenvalue weighted by Crippen LogP contribution is -2.39. The van der Waals surface area contributed by atoms with E-state index in [0.29, 0.717) is 18.2 Å². The lowest BCUT2D eigenvalue weighted by molar-refractivity contribution is -0.192. The van der Waals surface area contributed by atoms with Crippen LogP contribution in [0.15, 0.2) is 18.2 Å². The molecule has 0 spiro atoms. The molecule has 1 aliphatic carbocycles. The minimum atomic E-state index is -5.08. The van der Waals surface area contributed by atoms with Gasteiger partial charge in [0.05, 0.1) is 0 Å². The van der Waals surface area contributed by atoms with E-state index in [-0.39, 0.29) is 16.7 Å². The van der Waals surface area contributed by atoms with E-state index in [2.05, 4.69) is 69.5 Å². The number of hydrogen-bond donors (Lipinski definition) is 1. The summed E-state index contributed by atoms with van der Waals surface area (Å²) >= 11 is 0. The molecule has 4 rings (SSSR count). The summed E-state index contributed by atoms with van der Waals surface area (Å²) in [5, 5.41) is 7.12. The van der Waals surface area contributed by atoms with Crippen molar-refractivity contribution in [2.24, 2.45) is 16.7 Å². The van der Waals surface area contributed by atoms with E-state index in [9.17, 15) is 18.0 Å². The Hall–Kier alpha value is -2.09. The Bertz CT molecular complexity index is 943. The molecule has 5 nitrogen and oxygen atoms in total. The van der Waals surface area contributed by atoms with Crippen molar-refractivity contribution >= 4 is 17.4 Å². The van der Waals surface area contributed by atoms with Gasteiger partial charge in [-0.3, -0.25) is 9.69 Å². The summed E-state index contributed by atoms with van der Waals surface area (Å²) in [5.74, 6) is -2.15. The Kier molecular flexibility index (Phi) is 7.66. The molecule has 1 aromatic rings. The zero-order chi connectivity index (χ0) is 26.3. The maximum Gasteiger partial charge on any atom is 0.490 e. The molecule has 2 aliphatic heterocycles. The number of carboxylic acids is 1. The predicted molar refractivity (Wildman–Crippen MR) is 131 cm³/mol. The molecule has 1 N–H and O–H groups in total. The van der Waals surface area contributed by atoms with E-state index in [1.165, 1.54) is 42.6 Å². The summed E-state index contributed by atoms with van der Waals surface area (Å²) in [7, 11) is 0. The topological polar surface area (TPSA) is 60.9 Å². The standard InChI is InChI=1S/C25H38N2O.C2HF3O2/c1-17-14-19(15-22(28)23-24(3,4)25(23,5)6)9-10-21(17)26-13-11-20(16-26)27-12-7-8-18(27)2;3-2(4,5)1(6)7/h9-10,14,18,20,23H,7-8,11-13,15-16H2,1-6H3;(H,6,7). The summed E-state index contributed by atoms with van der Waals surface area (Å²) in [5.41, 5.74) is 4.12. The molecule has 0 aromatic heterocycles. The Morgan fingerprint density at radius 2 is 1.69 bits per heavy atom. The third-order valence-corrected chi connectivity index (χ3v) is 8.80. The van der Waals surface area contributed by atoms with Gasteiger partial charge in [-0.15, -0.1) is 0 Å². The third-order valence-electron chi connectivity index (χ3n) is 8.80. The maximum atomic E-state index is 12.9. The van der Waals surface area contributed by atoms with Crippen molar-refractivity contribution in [3.05, 3.63) is 29.3 Å². The third kappa shape index (κ3) is 5.68. The summed E-state index contributed by atoms with van der Waals surface area (Å²) < 4.78 is 31.7. The molecule has 2 heterocycles. The highest BCUT2D eigenvalue weighted by atomic mass is 19.4. The van der Waals surface area contributed by atoms with Crippen molar-refractivity contribution < 1.29 is 27.9 Å². The highest BCUT2D eigenvalue weighted by Crippen LogP contribution is 2.68. The minimum absolute atomic E-state index is 0.135. The van der Waals surface area contributed by atoms with Crippen molar-refractivity contribution in [3.63, 3.8) is 0 Å². The van der Waals surface area contributed by atoms with Crippen LogP contribution < -0.4 is 4.90 Å². The Morgan fingerprint density at radius 3 is 2.14 bits per heavy atom. The number of alkyl halides is 3. The second kappa shape index (κ2) is 9.75. The van der Waals surface area contributed by atoms with Gasteiger partial charge in [-0.25, -0.2) is 4.79 Å². The quantitative estimate of drug-likeness (QED) is 0.585. The van der Waals surface area contributed by atoms with Crippen molar-refractivity contribution in [2.45, 2.75) is 85.5 Å². The van der Waals surface area contributed by atoms with E-state index in [0.717, 1.165) is 19.1 Å². The fourth-order valence-electron chi connectivity index (χ4n) is 6.22. The van der Waals surface area contributed by atoms with Gasteiger partial charge >= 0.3 is 12.1 Å². The summed E-state index contributed by atoms with van der Waals surface area (Å²) in [4.78, 5) is 27.0. The van der Waals surface area contributed by atoms with Crippen LogP contribution in [0.4, 0.5) is 18.9 Å². The van der Waals surface area contributed by atoms with Crippen LogP contribution in [-0.4, -0.2) is 59.7 Å². The molecule has 2 saturated heterocycles. The first-order chi connectivity index (χ1) is 16.1. The molecule has 3 aliphatic rings. The Morgan fingerprint density at radius 1 is 1.09 bits per heavy atom. The number of rotatable bonds is 5. The number of carbonyl (C=O) groups is 2. The van der Waals surface area contributed by atoms with Gasteiger partial charge in [-0.2, -0.15) is 13.2 Å². The summed E-state index contributed by atoms with van der Waals surface area (Å²) in [6, 6.07) is 8.15. The van der Waals surface area contributed by atoms with Gasteiger partial charge in [0.1, 0.15) is 5.78 Å². The molecular weight excluding hydrogens is 457 g/mol. The van der Waals surface area contributed by atoms with Crippen molar-refractivity contribution in [1.82, 2.24) is 4.90 Å². The number of Topliss-reactive ketones (excluding diaryl/α,β-unsaturated/α-hetero) is 1. The number of anilines is 1. The number of carbonyl (C=O) groups excluding carboxylic acids is 1. The fraction of sp³-hybridized carbons (Fsp3) is 0.704. The zero-order valence-corrected chi connectivity index (χ0v) is 21.7. The van der Waals surface area contributed by atoms with E-state index in [4.69, 9.17) is 9.90 Å². The Labute approximate surface area is 206 Å². The number of halogens is 3. The van der Waals surface area contributed by atoms with Gasteiger partial charge in [-0.1, -0.05) is 39.8 Å². The number of benzene rings is 1. The van der Waals surface area contributed by atoms with Crippen LogP contribution in [-0.2, 0) is 16.0 Å². The average molecular weight is 497 g/mol. The van der Waals surface area contributed by atoms with Gasteiger partial charge < -0.3 is 10.0 Å². The second-order valence-corrected chi connectivity index (χ2v) is 11.6. The predicted octanol–water partition coefficient (Wildman–Crippen LogP) is 5.49. The minimum Gasteiger partial charge on any atom is -0.475 e. The van der Waals surface area contributed by atoms with Crippen LogP contribution in [0.5, 0.6) is 0 Å². The maximum absolute atomic E-state index is 12.9. The van der Waals surface area contributed by atoms with Crippen LogP contribution in [0, 0.1) is 23.7 Å². The van der Waals surface area contributed by atoms with Gasteiger partial charge in [0.15, 0.2) is 0 Å². The molecule has 0 radical (unpaired) electrons. The van der Waals surface area contributed by atoms with Crippen LogP contribution in [0.3, 0.4) is 0 Å². The van der Waals surface area contributed by atoms with Gasteiger partial charge in [0, 0.05) is 43.2 Å². The molecule has 1 aromatic carbocycles. The number of nitrogens with zero attached hydrogens (tertiary/aromatic N) is 2. The first-order valence-electron chi connectivity index (χ1n) is 12.5. The summed E-state index contributed by atoms with van der Waals surface area (Å²) in [6.45, 7) is 17.1. The molecule has 0 amide bonds. The number of hydrogen-bond acceptors (Lipinski definition) is 4. The van der Waals surface area contributed by atoms with E-state index >= 15 is 0 Å². The molecule has 3 fully saturated rings. The SMILES string of the molecule is Cc1cc(CC(=O)C2C(C)(C)C2(C)C)ccc1N1CCC(N2CCCC2C)C1.O=C(O)C(F)(F)F. The first-order valence-corrected chi connectivity index (χ1v) is 12.5. The highest BCUT2D eigenvalue weighted by molar-refractivity contribution is 5.88. The van der Waals surface area contributed by atoms with Crippen LogP contribution in [0.25, 0.3) is 0 Å². The number of likely N-dealkylation sites (tertiary alicyclic amines) is 1. The number of aryl methyl sites for hydroxylation is 1. The Balaban J connectivity index is 0.000000429. The van der Waals surface area contributed by atoms with Gasteiger partial charge in [0.25, 0.3) is 0 Å². The van der Waals surface area contributed by atoms with Crippen LogP contribution >= 0.6 is 0 Å². The molecule has 8 heteroatoms. The van der Waals surface area contributed by atoms with Crippen molar-refractivity contribution in [3.8, 4) is 0 Å². The largest absolute Gasteiger partial charge is 0.490 e. The number of carboxylic acid groups (broad SMARTS) is 1. The van der Waals surface area contributed by atoms with E-state index in [1.807, 2.05) is 0 Å². The first kappa shape index (κ1) is 27.5. The summed E-state index contributed by atoms with van der Waals surface area (Å²) in [6.07, 6.45) is -0.524. The zero-order valence-electron chi connectivity index (χ0n) is 21.7. The number of aliphatic carboxylic acids is 1.